The van der Waals surface area contributed by atoms with Crippen molar-refractivity contribution in [1.82, 2.24) is 15.1 Å². The van der Waals surface area contributed by atoms with Gasteiger partial charge in [-0.15, -0.1) is 0 Å². The molecule has 1 aliphatic rings. The standard InChI is InChI=1S/C11H18BrN3/c1-3-15-11(10(12)7-14-15)9-4-5-13-6-8(9)2/h7-9,13H,3-6H2,1-2H3. The Morgan fingerprint density at radius 1 is 1.67 bits per heavy atom. The zero-order valence-electron chi connectivity index (χ0n) is 9.33. The normalized spacial score (nSPS) is 26.9. The summed E-state index contributed by atoms with van der Waals surface area (Å²) in [5.41, 5.74) is 1.38. The van der Waals surface area contributed by atoms with Crippen LogP contribution < -0.4 is 5.32 Å². The molecule has 0 saturated carbocycles. The first-order valence-electron chi connectivity index (χ1n) is 5.66. The second-order valence-corrected chi connectivity index (χ2v) is 5.12. The number of hydrogen-bond acceptors (Lipinski definition) is 2. The minimum atomic E-state index is 0.642. The molecular weight excluding hydrogens is 254 g/mol. The molecule has 2 rings (SSSR count). The summed E-state index contributed by atoms with van der Waals surface area (Å²) >= 11 is 3.62. The van der Waals surface area contributed by atoms with Gasteiger partial charge >= 0.3 is 0 Å². The largest absolute Gasteiger partial charge is 0.316 e. The second kappa shape index (κ2) is 4.66. The van der Waals surface area contributed by atoms with Gasteiger partial charge in [-0.1, -0.05) is 6.92 Å². The predicted molar refractivity (Wildman–Crippen MR) is 65.0 cm³/mol. The number of hydrogen-bond donors (Lipinski definition) is 1. The van der Waals surface area contributed by atoms with E-state index in [1.54, 1.807) is 0 Å². The molecule has 3 nitrogen and oxygen atoms in total. The van der Waals surface area contributed by atoms with Crippen LogP contribution in [-0.2, 0) is 6.54 Å². The molecule has 2 atom stereocenters. The minimum absolute atomic E-state index is 0.642. The minimum Gasteiger partial charge on any atom is -0.316 e. The Kier molecular flexibility index (Phi) is 3.46. The molecule has 0 spiro atoms. The van der Waals surface area contributed by atoms with Gasteiger partial charge in [0.15, 0.2) is 0 Å². The van der Waals surface area contributed by atoms with Crippen molar-refractivity contribution in [2.24, 2.45) is 5.92 Å². The fourth-order valence-corrected chi connectivity index (χ4v) is 3.00. The van der Waals surface area contributed by atoms with Crippen LogP contribution in [0.4, 0.5) is 0 Å². The first-order chi connectivity index (χ1) is 7.24. The maximum atomic E-state index is 4.39. The van der Waals surface area contributed by atoms with Crippen molar-refractivity contribution in [2.75, 3.05) is 13.1 Å². The highest BCUT2D eigenvalue weighted by molar-refractivity contribution is 9.10. The zero-order chi connectivity index (χ0) is 10.8. The highest BCUT2D eigenvalue weighted by Gasteiger charge is 2.27. The van der Waals surface area contributed by atoms with Crippen molar-refractivity contribution in [3.8, 4) is 0 Å². The summed E-state index contributed by atoms with van der Waals surface area (Å²) in [5.74, 6) is 1.33. The van der Waals surface area contributed by atoms with E-state index in [0.717, 1.165) is 19.6 Å². The average Bonchev–Trinajstić information content (AvgIpc) is 2.60. The SMILES string of the molecule is CCn1ncc(Br)c1C1CCNCC1C. The van der Waals surface area contributed by atoms with Gasteiger partial charge in [0.1, 0.15) is 0 Å². The summed E-state index contributed by atoms with van der Waals surface area (Å²) in [6.07, 6.45) is 3.14. The number of nitrogens with zero attached hydrogens (tertiary/aromatic N) is 2. The lowest BCUT2D eigenvalue weighted by Crippen LogP contribution is -2.34. The lowest BCUT2D eigenvalue weighted by molar-refractivity contribution is 0.332. The van der Waals surface area contributed by atoms with Gasteiger partial charge < -0.3 is 5.32 Å². The Labute approximate surface area is 99.4 Å². The molecular formula is C11H18BrN3. The summed E-state index contributed by atoms with van der Waals surface area (Å²) in [7, 11) is 0. The average molecular weight is 272 g/mol. The monoisotopic (exact) mass is 271 g/mol. The van der Waals surface area contributed by atoms with Gasteiger partial charge in [0.2, 0.25) is 0 Å². The molecule has 0 aliphatic carbocycles. The van der Waals surface area contributed by atoms with Crippen molar-refractivity contribution < 1.29 is 0 Å². The third kappa shape index (κ3) is 2.11. The molecule has 84 valence electrons. The number of rotatable bonds is 2. The molecule has 1 aliphatic heterocycles. The molecule has 0 aromatic carbocycles. The van der Waals surface area contributed by atoms with Crippen LogP contribution in [0.5, 0.6) is 0 Å². The van der Waals surface area contributed by atoms with Gasteiger partial charge in [-0.2, -0.15) is 5.10 Å². The fraction of sp³-hybridized carbons (Fsp3) is 0.727. The van der Waals surface area contributed by atoms with E-state index < -0.39 is 0 Å². The third-order valence-corrected chi connectivity index (χ3v) is 3.88. The van der Waals surface area contributed by atoms with E-state index in [4.69, 9.17) is 0 Å². The Morgan fingerprint density at radius 3 is 3.13 bits per heavy atom. The van der Waals surface area contributed by atoms with Crippen molar-refractivity contribution in [3.05, 3.63) is 16.4 Å². The van der Waals surface area contributed by atoms with Gasteiger partial charge in [-0.05, 0) is 48.3 Å². The summed E-state index contributed by atoms with van der Waals surface area (Å²) in [5, 5.41) is 7.83. The van der Waals surface area contributed by atoms with E-state index in [1.165, 1.54) is 16.6 Å². The van der Waals surface area contributed by atoms with Crippen LogP contribution in [0, 0.1) is 5.92 Å². The van der Waals surface area contributed by atoms with Crippen LogP contribution >= 0.6 is 15.9 Å². The van der Waals surface area contributed by atoms with Crippen LogP contribution in [-0.4, -0.2) is 22.9 Å². The molecule has 0 bridgehead atoms. The molecule has 1 aromatic heterocycles. The maximum Gasteiger partial charge on any atom is 0.0635 e. The van der Waals surface area contributed by atoms with E-state index in [1.807, 2.05) is 6.20 Å². The summed E-state index contributed by atoms with van der Waals surface area (Å²) in [6, 6.07) is 0. The van der Waals surface area contributed by atoms with Crippen LogP contribution in [0.3, 0.4) is 0 Å². The quantitative estimate of drug-likeness (QED) is 0.895. The summed E-state index contributed by atoms with van der Waals surface area (Å²) in [6.45, 7) is 7.66. The van der Waals surface area contributed by atoms with E-state index >= 15 is 0 Å². The first-order valence-corrected chi connectivity index (χ1v) is 6.45. The lowest BCUT2D eigenvalue weighted by Gasteiger charge is -2.30. The number of halogens is 1. The number of nitrogens with one attached hydrogen (secondary N) is 1. The molecule has 2 unspecified atom stereocenters. The second-order valence-electron chi connectivity index (χ2n) is 4.27. The van der Waals surface area contributed by atoms with E-state index in [2.05, 4.69) is 44.9 Å². The van der Waals surface area contributed by atoms with Crippen molar-refractivity contribution >= 4 is 15.9 Å². The molecule has 4 heteroatoms. The van der Waals surface area contributed by atoms with Gasteiger partial charge in [-0.3, -0.25) is 4.68 Å². The predicted octanol–water partition coefficient (Wildman–Crippen LogP) is 2.38. The van der Waals surface area contributed by atoms with E-state index in [9.17, 15) is 0 Å². The van der Waals surface area contributed by atoms with E-state index in [-0.39, 0.29) is 0 Å². The first kappa shape index (κ1) is 11.1. The Balaban J connectivity index is 2.29. The van der Waals surface area contributed by atoms with Gasteiger partial charge in [0, 0.05) is 12.5 Å². The lowest BCUT2D eigenvalue weighted by atomic mass is 9.85. The van der Waals surface area contributed by atoms with Crippen LogP contribution in [0.25, 0.3) is 0 Å². The van der Waals surface area contributed by atoms with Crippen molar-refractivity contribution in [3.63, 3.8) is 0 Å². The van der Waals surface area contributed by atoms with Crippen molar-refractivity contribution in [2.45, 2.75) is 32.7 Å². The molecule has 1 N–H and O–H groups in total. The summed E-state index contributed by atoms with van der Waals surface area (Å²) in [4.78, 5) is 0. The molecule has 1 saturated heterocycles. The van der Waals surface area contributed by atoms with E-state index in [0.29, 0.717) is 11.8 Å². The third-order valence-electron chi connectivity index (χ3n) is 3.27. The Hall–Kier alpha value is -0.350. The molecule has 0 radical (unpaired) electrons. The number of aromatic nitrogens is 2. The zero-order valence-corrected chi connectivity index (χ0v) is 10.9. The Bertz CT molecular complexity index is 335. The molecule has 2 heterocycles. The smallest absolute Gasteiger partial charge is 0.0635 e. The fourth-order valence-electron chi connectivity index (χ4n) is 2.41. The Morgan fingerprint density at radius 2 is 2.47 bits per heavy atom. The number of piperidine rings is 1. The van der Waals surface area contributed by atoms with Crippen LogP contribution in [0.15, 0.2) is 10.7 Å². The molecule has 1 aromatic rings. The van der Waals surface area contributed by atoms with Gasteiger partial charge in [0.25, 0.3) is 0 Å². The highest BCUT2D eigenvalue weighted by atomic mass is 79.9. The molecule has 1 fully saturated rings. The highest BCUT2D eigenvalue weighted by Crippen LogP contribution is 2.34. The number of aryl methyl sites for hydroxylation is 1. The molecule has 15 heavy (non-hydrogen) atoms. The molecule has 0 amide bonds. The van der Waals surface area contributed by atoms with Crippen molar-refractivity contribution in [1.29, 1.82) is 0 Å². The van der Waals surface area contributed by atoms with Gasteiger partial charge in [0.05, 0.1) is 16.4 Å². The maximum absolute atomic E-state index is 4.39. The van der Waals surface area contributed by atoms with Crippen LogP contribution in [0.1, 0.15) is 31.9 Å². The summed E-state index contributed by atoms with van der Waals surface area (Å²) < 4.78 is 3.29. The van der Waals surface area contributed by atoms with Gasteiger partial charge in [-0.25, -0.2) is 0 Å². The topological polar surface area (TPSA) is 29.9 Å². The van der Waals surface area contributed by atoms with Crippen LogP contribution in [0.2, 0.25) is 0 Å².